The number of halogens is 1. The minimum Gasteiger partial charge on any atom is -0.381 e. The van der Waals surface area contributed by atoms with Crippen molar-refractivity contribution in [3.05, 3.63) is 22.3 Å². The van der Waals surface area contributed by atoms with Gasteiger partial charge in [0.05, 0.1) is 16.3 Å². The summed E-state index contributed by atoms with van der Waals surface area (Å²) in [5.74, 6) is -0.0681. The Hall–Kier alpha value is -1.17. The van der Waals surface area contributed by atoms with Crippen LogP contribution >= 0.6 is 15.9 Å². The van der Waals surface area contributed by atoms with E-state index in [2.05, 4.69) is 25.6 Å². The van der Waals surface area contributed by atoms with Crippen LogP contribution in [0.25, 0.3) is 0 Å². The number of hydrogen-bond acceptors (Lipinski definition) is 5. The van der Waals surface area contributed by atoms with E-state index in [9.17, 15) is 8.42 Å². The van der Waals surface area contributed by atoms with Crippen molar-refractivity contribution >= 4 is 31.8 Å². The van der Waals surface area contributed by atoms with Crippen LogP contribution in [-0.4, -0.2) is 32.4 Å². The van der Waals surface area contributed by atoms with E-state index < -0.39 is 16.1 Å². The highest BCUT2D eigenvalue weighted by atomic mass is 79.9. The molecule has 0 aliphatic rings. The van der Waals surface area contributed by atoms with E-state index in [-0.39, 0.29) is 17.3 Å². The second-order valence-corrected chi connectivity index (χ2v) is 6.19. The van der Waals surface area contributed by atoms with Crippen molar-refractivity contribution in [3.8, 4) is 6.07 Å². The molecule has 0 aromatic carbocycles. The lowest BCUT2D eigenvalue weighted by Crippen LogP contribution is -2.25. The van der Waals surface area contributed by atoms with Crippen LogP contribution in [-0.2, 0) is 14.8 Å². The molecule has 0 spiro atoms. The van der Waals surface area contributed by atoms with Crippen LogP contribution in [0.4, 0.5) is 5.82 Å². The van der Waals surface area contributed by atoms with Gasteiger partial charge in [0, 0.05) is 7.11 Å². The van der Waals surface area contributed by atoms with Crippen molar-refractivity contribution in [1.82, 2.24) is 4.98 Å². The highest BCUT2D eigenvalue weighted by Crippen LogP contribution is 2.17. The Labute approximate surface area is 114 Å². The van der Waals surface area contributed by atoms with Crippen molar-refractivity contribution in [2.75, 3.05) is 17.6 Å². The Morgan fingerprint density at radius 2 is 2.28 bits per heavy atom. The molecule has 98 valence electrons. The Balaban J connectivity index is 2.88. The molecule has 0 bridgehead atoms. The first kappa shape index (κ1) is 14.9. The van der Waals surface area contributed by atoms with Gasteiger partial charge in [-0.3, -0.25) is 4.72 Å². The molecule has 1 atom stereocenters. The zero-order chi connectivity index (χ0) is 13.8. The molecular weight excluding hydrogens is 322 g/mol. The Kier molecular flexibility index (Phi) is 5.07. The van der Waals surface area contributed by atoms with E-state index in [0.29, 0.717) is 4.47 Å². The van der Waals surface area contributed by atoms with Gasteiger partial charge in [0.15, 0.2) is 5.69 Å². The third-order valence-electron chi connectivity index (χ3n) is 2.07. The van der Waals surface area contributed by atoms with E-state index in [0.717, 1.165) is 0 Å². The van der Waals surface area contributed by atoms with Crippen LogP contribution in [0.5, 0.6) is 0 Å². The van der Waals surface area contributed by atoms with E-state index in [1.807, 2.05) is 6.07 Å². The number of hydrogen-bond donors (Lipinski definition) is 1. The summed E-state index contributed by atoms with van der Waals surface area (Å²) in [5, 5.41) is 8.78. The van der Waals surface area contributed by atoms with Gasteiger partial charge in [-0.25, -0.2) is 13.4 Å². The number of rotatable bonds is 5. The molecule has 0 saturated heterocycles. The fraction of sp³-hybridized carbons (Fsp3) is 0.400. The molecule has 0 amide bonds. The van der Waals surface area contributed by atoms with Crippen molar-refractivity contribution in [3.63, 3.8) is 0 Å². The third-order valence-corrected chi connectivity index (χ3v) is 4.14. The zero-order valence-corrected chi connectivity index (χ0v) is 12.2. The first-order valence-electron chi connectivity index (χ1n) is 4.98. The molecule has 1 heterocycles. The van der Waals surface area contributed by atoms with Crippen molar-refractivity contribution in [2.45, 2.75) is 13.0 Å². The highest BCUT2D eigenvalue weighted by molar-refractivity contribution is 9.10. The number of nitrogens with zero attached hydrogens (tertiary/aromatic N) is 2. The van der Waals surface area contributed by atoms with E-state index in [4.69, 9.17) is 10.00 Å². The Morgan fingerprint density at radius 3 is 2.83 bits per heavy atom. The second kappa shape index (κ2) is 6.13. The minimum atomic E-state index is -3.55. The van der Waals surface area contributed by atoms with E-state index in [1.54, 1.807) is 13.0 Å². The Morgan fingerprint density at radius 1 is 1.61 bits per heavy atom. The number of pyridine rings is 1. The number of anilines is 1. The number of nitrogens with one attached hydrogen (secondary N) is 1. The fourth-order valence-electron chi connectivity index (χ4n) is 1.16. The van der Waals surface area contributed by atoms with Crippen LogP contribution in [0.15, 0.2) is 16.6 Å². The van der Waals surface area contributed by atoms with E-state index in [1.165, 1.54) is 13.2 Å². The van der Waals surface area contributed by atoms with Crippen LogP contribution in [0, 0.1) is 11.3 Å². The number of sulfonamides is 1. The van der Waals surface area contributed by atoms with Gasteiger partial charge in [0.1, 0.15) is 11.9 Å². The third kappa shape index (κ3) is 4.25. The summed E-state index contributed by atoms with van der Waals surface area (Å²) in [7, 11) is -2.11. The first-order valence-corrected chi connectivity index (χ1v) is 7.42. The van der Waals surface area contributed by atoms with Gasteiger partial charge >= 0.3 is 0 Å². The monoisotopic (exact) mass is 333 g/mol. The summed E-state index contributed by atoms with van der Waals surface area (Å²) in [6.45, 7) is 1.65. The molecule has 1 unspecified atom stereocenters. The molecule has 0 radical (unpaired) electrons. The average molecular weight is 334 g/mol. The fourth-order valence-corrected chi connectivity index (χ4v) is 2.73. The van der Waals surface area contributed by atoms with Crippen molar-refractivity contribution in [1.29, 1.82) is 5.26 Å². The molecule has 0 aliphatic carbocycles. The number of methoxy groups -OCH3 is 1. The highest BCUT2D eigenvalue weighted by Gasteiger charge is 2.16. The standard InChI is InChI=1S/C10H12BrN3O3S/c1-7(17-2)6-18(15,16)14-10-4-3-8(11)9(5-12)13-10/h3-4,7H,6H2,1-2H3,(H,13,14). The van der Waals surface area contributed by atoms with Crippen LogP contribution < -0.4 is 4.72 Å². The van der Waals surface area contributed by atoms with Gasteiger partial charge < -0.3 is 4.74 Å². The number of aromatic nitrogens is 1. The molecular formula is C10H12BrN3O3S. The van der Waals surface area contributed by atoms with Crippen LogP contribution in [0.2, 0.25) is 0 Å². The van der Waals surface area contributed by atoms with Crippen LogP contribution in [0.3, 0.4) is 0 Å². The SMILES string of the molecule is COC(C)CS(=O)(=O)Nc1ccc(Br)c(C#N)n1. The molecule has 1 N–H and O–H groups in total. The lowest BCUT2D eigenvalue weighted by atomic mass is 10.4. The number of nitriles is 1. The summed E-state index contributed by atoms with van der Waals surface area (Å²) in [6, 6.07) is 4.89. The summed E-state index contributed by atoms with van der Waals surface area (Å²) >= 11 is 3.14. The molecule has 1 aromatic heterocycles. The summed E-state index contributed by atoms with van der Waals surface area (Å²) in [6.07, 6.45) is -0.423. The van der Waals surface area contributed by atoms with Gasteiger partial charge in [-0.05, 0) is 35.0 Å². The molecule has 1 rings (SSSR count). The van der Waals surface area contributed by atoms with Gasteiger partial charge in [-0.2, -0.15) is 5.26 Å². The summed E-state index contributed by atoms with van der Waals surface area (Å²) in [4.78, 5) is 3.87. The molecule has 1 aromatic rings. The molecule has 0 saturated carbocycles. The summed E-state index contributed by atoms with van der Waals surface area (Å²) in [5.41, 5.74) is 0.120. The average Bonchev–Trinajstić information content (AvgIpc) is 2.30. The first-order chi connectivity index (χ1) is 8.38. The smallest absolute Gasteiger partial charge is 0.236 e. The van der Waals surface area contributed by atoms with Gasteiger partial charge in [0.2, 0.25) is 10.0 Å². The van der Waals surface area contributed by atoms with E-state index >= 15 is 0 Å². The normalized spacial score (nSPS) is 12.8. The maximum Gasteiger partial charge on any atom is 0.236 e. The molecule has 8 heteroatoms. The summed E-state index contributed by atoms with van der Waals surface area (Å²) < 4.78 is 31.2. The lowest BCUT2D eigenvalue weighted by molar-refractivity contribution is 0.136. The predicted molar refractivity (Wildman–Crippen MR) is 70.5 cm³/mol. The quantitative estimate of drug-likeness (QED) is 0.881. The molecule has 0 fully saturated rings. The maximum atomic E-state index is 11.7. The lowest BCUT2D eigenvalue weighted by Gasteiger charge is -2.11. The van der Waals surface area contributed by atoms with Crippen LogP contribution in [0.1, 0.15) is 12.6 Å². The largest absolute Gasteiger partial charge is 0.381 e. The molecule has 0 aliphatic heterocycles. The van der Waals surface area contributed by atoms with Crippen molar-refractivity contribution in [2.24, 2.45) is 0 Å². The second-order valence-electron chi connectivity index (χ2n) is 3.57. The van der Waals surface area contributed by atoms with Gasteiger partial charge in [-0.1, -0.05) is 0 Å². The van der Waals surface area contributed by atoms with Gasteiger partial charge in [-0.15, -0.1) is 0 Å². The van der Waals surface area contributed by atoms with Crippen molar-refractivity contribution < 1.29 is 13.2 Å². The van der Waals surface area contributed by atoms with Gasteiger partial charge in [0.25, 0.3) is 0 Å². The maximum absolute atomic E-state index is 11.7. The molecule has 6 nitrogen and oxygen atoms in total. The topological polar surface area (TPSA) is 92.1 Å². The molecule has 18 heavy (non-hydrogen) atoms. The number of ether oxygens (including phenoxy) is 1. The zero-order valence-electron chi connectivity index (χ0n) is 9.84. The minimum absolute atomic E-state index is 0.109. The Bertz CT molecular complexity index is 568. The predicted octanol–water partition coefficient (Wildman–Crippen LogP) is 1.49.